The van der Waals surface area contributed by atoms with Gasteiger partial charge in [0.1, 0.15) is 0 Å². The monoisotopic (exact) mass is 278 g/mol. The molecular weight excluding hydrogens is 268 g/mol. The molecule has 98 valence electrons. The average molecular weight is 278 g/mol. The van der Waals surface area contributed by atoms with Crippen LogP contribution in [0.15, 0.2) is 36.0 Å². The van der Waals surface area contributed by atoms with Gasteiger partial charge in [0.2, 0.25) is 5.12 Å². The van der Waals surface area contributed by atoms with Gasteiger partial charge < -0.3 is 15.7 Å². The third kappa shape index (κ3) is 3.59. The lowest BCUT2D eigenvalue weighted by atomic mass is 10.2. The van der Waals surface area contributed by atoms with Gasteiger partial charge in [-0.25, -0.2) is 9.59 Å². The number of nitrogens with one attached hydrogen (secondary N) is 2. The second-order valence-corrected chi connectivity index (χ2v) is 4.72. The molecule has 0 spiro atoms. The normalized spacial score (nSPS) is 13.9. The van der Waals surface area contributed by atoms with Crippen molar-refractivity contribution in [2.45, 2.75) is 0 Å². The smallest absolute Gasteiger partial charge is 0.335 e. The molecule has 1 aliphatic heterocycles. The van der Waals surface area contributed by atoms with Crippen molar-refractivity contribution in [1.82, 2.24) is 5.32 Å². The number of carboxylic acid groups (broad SMARTS) is 1. The largest absolute Gasteiger partial charge is 0.478 e. The van der Waals surface area contributed by atoms with Gasteiger partial charge in [-0.1, -0.05) is 17.8 Å². The van der Waals surface area contributed by atoms with Crippen LogP contribution in [0.5, 0.6) is 0 Å². The lowest BCUT2D eigenvalue weighted by Crippen LogP contribution is -2.28. The highest BCUT2D eigenvalue weighted by molar-refractivity contribution is 8.14. The molecule has 0 saturated carbocycles. The molecule has 2 rings (SSSR count). The highest BCUT2D eigenvalue weighted by Crippen LogP contribution is 2.17. The first-order chi connectivity index (χ1) is 9.04. The predicted molar refractivity (Wildman–Crippen MR) is 71.1 cm³/mol. The number of carbonyl (C=O) groups excluding carboxylic acids is 2. The number of carbonyl (C=O) groups is 3. The minimum atomic E-state index is -1.07. The maximum atomic E-state index is 11.6. The summed E-state index contributed by atoms with van der Waals surface area (Å²) in [6.07, 6.45) is 1.36. The van der Waals surface area contributed by atoms with Crippen LogP contribution in [-0.2, 0) is 4.79 Å². The van der Waals surface area contributed by atoms with Crippen LogP contribution in [0.3, 0.4) is 0 Å². The Morgan fingerprint density at radius 2 is 2.05 bits per heavy atom. The molecule has 6 nitrogen and oxygen atoms in total. The zero-order valence-electron chi connectivity index (χ0n) is 9.67. The van der Waals surface area contributed by atoms with E-state index in [2.05, 4.69) is 10.6 Å². The van der Waals surface area contributed by atoms with Gasteiger partial charge in [0.05, 0.1) is 5.56 Å². The Balaban J connectivity index is 1.99. The number of aromatic carboxylic acids is 1. The summed E-state index contributed by atoms with van der Waals surface area (Å²) in [5, 5.41) is 13.8. The fourth-order valence-electron chi connectivity index (χ4n) is 1.48. The van der Waals surface area contributed by atoms with Crippen LogP contribution in [0.25, 0.3) is 0 Å². The zero-order valence-corrected chi connectivity index (χ0v) is 10.5. The Labute approximate surface area is 112 Å². The summed E-state index contributed by atoms with van der Waals surface area (Å²) in [5.74, 6) is -0.633. The number of rotatable bonds is 3. The summed E-state index contributed by atoms with van der Waals surface area (Å²) in [6.45, 7) is 0. The van der Waals surface area contributed by atoms with Crippen molar-refractivity contribution in [2.75, 3.05) is 11.1 Å². The van der Waals surface area contributed by atoms with Gasteiger partial charge in [-0.05, 0) is 18.2 Å². The minimum Gasteiger partial charge on any atom is -0.478 e. The van der Waals surface area contributed by atoms with Gasteiger partial charge in [0.25, 0.3) is 0 Å². The first kappa shape index (κ1) is 13.2. The summed E-state index contributed by atoms with van der Waals surface area (Å²) < 4.78 is 0. The molecule has 0 fully saturated rings. The van der Waals surface area contributed by atoms with Crippen LogP contribution in [0.2, 0.25) is 0 Å². The predicted octanol–water partition coefficient (Wildman–Crippen LogP) is 1.66. The Morgan fingerprint density at radius 3 is 2.68 bits per heavy atom. The molecule has 0 atom stereocenters. The maximum Gasteiger partial charge on any atom is 0.335 e. The highest BCUT2D eigenvalue weighted by Gasteiger charge is 2.15. The zero-order chi connectivity index (χ0) is 13.8. The standard InChI is InChI=1S/C12H10N2O4S/c15-10-5-9(6-19-10)14-12(18)13-8-3-1-2-7(4-8)11(16)17/h1-5H,6H2,(H,16,17)(H2,13,14,18). The molecule has 0 bridgehead atoms. The molecule has 7 heteroatoms. The van der Waals surface area contributed by atoms with Crippen LogP contribution < -0.4 is 10.6 Å². The molecule has 1 heterocycles. The summed E-state index contributed by atoms with van der Waals surface area (Å²) in [7, 11) is 0. The van der Waals surface area contributed by atoms with Crippen LogP contribution in [0.1, 0.15) is 10.4 Å². The number of hydrogen-bond acceptors (Lipinski definition) is 4. The van der Waals surface area contributed by atoms with E-state index >= 15 is 0 Å². The van der Waals surface area contributed by atoms with E-state index in [0.29, 0.717) is 17.1 Å². The summed E-state index contributed by atoms with van der Waals surface area (Å²) in [4.78, 5) is 33.4. The van der Waals surface area contributed by atoms with Crippen LogP contribution >= 0.6 is 11.8 Å². The van der Waals surface area contributed by atoms with E-state index in [-0.39, 0.29) is 10.7 Å². The van der Waals surface area contributed by atoms with E-state index in [0.717, 1.165) is 11.8 Å². The molecule has 2 amide bonds. The molecule has 3 N–H and O–H groups in total. The lowest BCUT2D eigenvalue weighted by Gasteiger charge is -2.08. The average Bonchev–Trinajstić information content (AvgIpc) is 2.74. The molecule has 1 aromatic rings. The summed E-state index contributed by atoms with van der Waals surface area (Å²) >= 11 is 1.11. The number of amides is 2. The van der Waals surface area contributed by atoms with Gasteiger partial charge in [-0.3, -0.25) is 4.79 Å². The highest BCUT2D eigenvalue weighted by atomic mass is 32.2. The SMILES string of the molecule is O=C(NC1=CC(=O)SC1)Nc1cccc(C(=O)O)c1. The molecule has 0 saturated heterocycles. The molecule has 0 radical (unpaired) electrons. The second kappa shape index (κ2) is 5.57. The summed E-state index contributed by atoms with van der Waals surface area (Å²) in [5.41, 5.74) is 0.987. The van der Waals surface area contributed by atoms with Gasteiger partial charge >= 0.3 is 12.0 Å². The van der Waals surface area contributed by atoms with Crippen molar-refractivity contribution < 1.29 is 19.5 Å². The van der Waals surface area contributed by atoms with Gasteiger partial charge in [-0.15, -0.1) is 0 Å². The van der Waals surface area contributed by atoms with E-state index in [1.807, 2.05) is 0 Å². The van der Waals surface area contributed by atoms with Crippen molar-refractivity contribution in [3.05, 3.63) is 41.6 Å². The Morgan fingerprint density at radius 1 is 1.26 bits per heavy atom. The number of anilines is 1. The van der Waals surface area contributed by atoms with Crippen LogP contribution in [0.4, 0.5) is 10.5 Å². The third-order valence-corrected chi connectivity index (χ3v) is 3.16. The van der Waals surface area contributed by atoms with E-state index in [4.69, 9.17) is 5.11 Å². The van der Waals surface area contributed by atoms with Crippen molar-refractivity contribution in [3.8, 4) is 0 Å². The molecule has 19 heavy (non-hydrogen) atoms. The Hall–Kier alpha value is -2.28. The van der Waals surface area contributed by atoms with Crippen LogP contribution in [0, 0.1) is 0 Å². The number of urea groups is 1. The first-order valence-electron chi connectivity index (χ1n) is 5.33. The number of benzene rings is 1. The van der Waals surface area contributed by atoms with Crippen molar-refractivity contribution in [2.24, 2.45) is 0 Å². The van der Waals surface area contributed by atoms with Crippen molar-refractivity contribution in [3.63, 3.8) is 0 Å². The number of thioether (sulfide) groups is 1. The van der Waals surface area contributed by atoms with E-state index in [9.17, 15) is 14.4 Å². The topological polar surface area (TPSA) is 95.5 Å². The Bertz CT molecular complexity index is 583. The van der Waals surface area contributed by atoms with Gasteiger partial charge in [-0.2, -0.15) is 0 Å². The van der Waals surface area contributed by atoms with Crippen molar-refractivity contribution in [1.29, 1.82) is 0 Å². The van der Waals surface area contributed by atoms with E-state index in [1.54, 1.807) is 6.07 Å². The molecule has 1 aliphatic rings. The Kier molecular flexibility index (Phi) is 3.86. The quantitative estimate of drug-likeness (QED) is 0.781. The summed E-state index contributed by atoms with van der Waals surface area (Å²) in [6, 6.07) is 5.39. The second-order valence-electron chi connectivity index (χ2n) is 3.74. The lowest BCUT2D eigenvalue weighted by molar-refractivity contribution is -0.106. The number of carboxylic acids is 1. The number of hydrogen-bond donors (Lipinski definition) is 3. The first-order valence-corrected chi connectivity index (χ1v) is 6.32. The van der Waals surface area contributed by atoms with E-state index in [1.165, 1.54) is 24.3 Å². The maximum absolute atomic E-state index is 11.6. The van der Waals surface area contributed by atoms with Crippen molar-refractivity contribution >= 4 is 34.6 Å². The minimum absolute atomic E-state index is 0.0867. The van der Waals surface area contributed by atoms with Gasteiger partial charge in [0.15, 0.2) is 0 Å². The van der Waals surface area contributed by atoms with E-state index < -0.39 is 12.0 Å². The molecule has 0 unspecified atom stereocenters. The van der Waals surface area contributed by atoms with Crippen LogP contribution in [-0.4, -0.2) is 28.0 Å². The fraction of sp³-hybridized carbons (Fsp3) is 0.0833. The fourth-order valence-corrected chi connectivity index (χ4v) is 2.16. The molecular formula is C12H10N2O4S. The third-order valence-electron chi connectivity index (χ3n) is 2.30. The van der Waals surface area contributed by atoms with Gasteiger partial charge in [0, 0.05) is 23.2 Å². The molecule has 0 aliphatic carbocycles. The molecule has 1 aromatic carbocycles. The molecule has 0 aromatic heterocycles.